The van der Waals surface area contributed by atoms with Gasteiger partial charge in [-0.3, -0.25) is 9.48 Å². The Kier molecular flexibility index (Phi) is 5.46. The molecule has 0 spiro atoms. The second kappa shape index (κ2) is 7.95. The van der Waals surface area contributed by atoms with Crippen LogP contribution in [0, 0.1) is 0 Å². The number of amides is 1. The number of hydrogen-bond acceptors (Lipinski definition) is 4. The van der Waals surface area contributed by atoms with Crippen LogP contribution in [0.25, 0.3) is 11.5 Å². The highest BCUT2D eigenvalue weighted by molar-refractivity contribution is 5.77. The summed E-state index contributed by atoms with van der Waals surface area (Å²) in [5.41, 5.74) is 2.14. The van der Waals surface area contributed by atoms with Crippen molar-refractivity contribution in [2.45, 2.75) is 39.3 Å². The summed E-state index contributed by atoms with van der Waals surface area (Å²) in [7, 11) is 1.61. The molecule has 7 nitrogen and oxygen atoms in total. The molecular weight excluding hydrogens is 328 g/mol. The van der Waals surface area contributed by atoms with Crippen molar-refractivity contribution in [3.8, 4) is 11.5 Å². The van der Waals surface area contributed by atoms with Gasteiger partial charge in [-0.25, -0.2) is 9.67 Å². The summed E-state index contributed by atoms with van der Waals surface area (Å²) in [4.78, 5) is 16.4. The molecule has 136 valence electrons. The summed E-state index contributed by atoms with van der Waals surface area (Å²) < 4.78 is 3.80. The first-order valence-corrected chi connectivity index (χ1v) is 8.80. The van der Waals surface area contributed by atoms with Crippen LogP contribution < -0.4 is 5.32 Å². The van der Waals surface area contributed by atoms with E-state index in [0.29, 0.717) is 12.4 Å². The lowest BCUT2D eigenvalue weighted by Crippen LogP contribution is -2.20. The molecule has 3 rings (SSSR count). The summed E-state index contributed by atoms with van der Waals surface area (Å²) in [5.74, 6) is 1.16. The Labute approximate surface area is 153 Å². The number of likely N-dealkylation sites (N-methyl/N-ethyl adjacent to an activating group) is 1. The Morgan fingerprint density at radius 3 is 2.65 bits per heavy atom. The topological polar surface area (TPSA) is 77.6 Å². The lowest BCUT2D eigenvalue weighted by Gasteiger charge is -2.11. The molecule has 0 saturated heterocycles. The van der Waals surface area contributed by atoms with Gasteiger partial charge in [-0.05, 0) is 31.9 Å². The molecule has 1 N–H and O–H groups in total. The van der Waals surface area contributed by atoms with Gasteiger partial charge in [0.1, 0.15) is 5.69 Å². The van der Waals surface area contributed by atoms with Gasteiger partial charge in [0, 0.05) is 25.8 Å². The van der Waals surface area contributed by atoms with E-state index in [1.54, 1.807) is 13.2 Å². The Morgan fingerprint density at radius 2 is 1.96 bits per heavy atom. The van der Waals surface area contributed by atoms with Gasteiger partial charge < -0.3 is 5.32 Å². The average Bonchev–Trinajstić information content (AvgIpc) is 3.27. The molecule has 0 saturated carbocycles. The van der Waals surface area contributed by atoms with E-state index < -0.39 is 0 Å². The van der Waals surface area contributed by atoms with Crippen molar-refractivity contribution in [1.29, 1.82) is 0 Å². The molecular formula is C19H24N6O. The van der Waals surface area contributed by atoms with Gasteiger partial charge in [0.2, 0.25) is 5.91 Å². The Bertz CT molecular complexity index is 865. The summed E-state index contributed by atoms with van der Waals surface area (Å²) in [5, 5.41) is 11.6. The summed E-state index contributed by atoms with van der Waals surface area (Å²) in [6.07, 6.45) is 2.77. The van der Waals surface area contributed by atoms with Crippen molar-refractivity contribution >= 4 is 5.91 Å². The number of carbonyl (C=O) groups is 1. The average molecular weight is 352 g/mol. The second-order valence-corrected chi connectivity index (χ2v) is 6.42. The minimum atomic E-state index is -0.103. The standard InChI is InChI=1S/C19H24N6O/c1-14(2)25-16(9-11-21-25)19-22-17(13-18(26)20-3)23-24(19)12-10-15-7-5-4-6-8-15/h4-9,11,14H,10,12-13H2,1-3H3,(H,20,26). The normalized spacial score (nSPS) is 11.1. The van der Waals surface area contributed by atoms with Crippen molar-refractivity contribution in [2.75, 3.05) is 7.05 Å². The number of carbonyl (C=O) groups excluding carboxylic acids is 1. The summed E-state index contributed by atoms with van der Waals surface area (Å²) in [6.45, 7) is 4.84. The van der Waals surface area contributed by atoms with Crippen LogP contribution in [0.5, 0.6) is 0 Å². The summed E-state index contributed by atoms with van der Waals surface area (Å²) >= 11 is 0. The molecule has 0 atom stereocenters. The van der Waals surface area contributed by atoms with Crippen LogP contribution in [0.15, 0.2) is 42.6 Å². The zero-order chi connectivity index (χ0) is 18.5. The van der Waals surface area contributed by atoms with E-state index in [1.807, 2.05) is 33.6 Å². The minimum Gasteiger partial charge on any atom is -0.359 e. The van der Waals surface area contributed by atoms with E-state index in [4.69, 9.17) is 0 Å². The van der Waals surface area contributed by atoms with Gasteiger partial charge in [0.25, 0.3) is 0 Å². The van der Waals surface area contributed by atoms with Crippen molar-refractivity contribution in [3.63, 3.8) is 0 Å². The predicted molar refractivity (Wildman–Crippen MR) is 99.5 cm³/mol. The van der Waals surface area contributed by atoms with E-state index >= 15 is 0 Å². The molecule has 2 heterocycles. The molecule has 3 aromatic rings. The zero-order valence-electron chi connectivity index (χ0n) is 15.4. The van der Waals surface area contributed by atoms with Crippen LogP contribution in [0.3, 0.4) is 0 Å². The molecule has 2 aromatic heterocycles. The van der Waals surface area contributed by atoms with Gasteiger partial charge in [0.05, 0.1) is 6.42 Å². The Hall–Kier alpha value is -2.96. The number of aromatic nitrogens is 5. The van der Waals surface area contributed by atoms with Crippen LogP contribution in [0.1, 0.15) is 31.3 Å². The van der Waals surface area contributed by atoms with Crippen molar-refractivity contribution in [3.05, 3.63) is 54.0 Å². The maximum atomic E-state index is 11.7. The highest BCUT2D eigenvalue weighted by Crippen LogP contribution is 2.21. The molecule has 0 unspecified atom stereocenters. The number of nitrogens with one attached hydrogen (secondary N) is 1. The number of aryl methyl sites for hydroxylation is 2. The van der Waals surface area contributed by atoms with E-state index in [2.05, 4.69) is 46.5 Å². The molecule has 0 aliphatic carbocycles. The van der Waals surface area contributed by atoms with E-state index in [0.717, 1.165) is 17.9 Å². The highest BCUT2D eigenvalue weighted by Gasteiger charge is 2.18. The molecule has 1 aromatic carbocycles. The number of nitrogens with zero attached hydrogens (tertiary/aromatic N) is 5. The molecule has 1 amide bonds. The van der Waals surface area contributed by atoms with Gasteiger partial charge in [-0.15, -0.1) is 0 Å². The fraction of sp³-hybridized carbons (Fsp3) is 0.368. The maximum Gasteiger partial charge on any atom is 0.227 e. The van der Waals surface area contributed by atoms with E-state index in [1.165, 1.54) is 5.56 Å². The molecule has 26 heavy (non-hydrogen) atoms. The van der Waals surface area contributed by atoms with Gasteiger partial charge in [0.15, 0.2) is 11.6 Å². The first kappa shape index (κ1) is 17.8. The van der Waals surface area contributed by atoms with Crippen molar-refractivity contribution in [1.82, 2.24) is 29.9 Å². The fourth-order valence-electron chi connectivity index (χ4n) is 2.82. The van der Waals surface area contributed by atoms with Gasteiger partial charge >= 0.3 is 0 Å². The van der Waals surface area contributed by atoms with Crippen LogP contribution in [-0.2, 0) is 24.2 Å². The molecule has 0 fully saturated rings. The molecule has 0 radical (unpaired) electrons. The van der Waals surface area contributed by atoms with Crippen LogP contribution in [-0.4, -0.2) is 37.5 Å². The highest BCUT2D eigenvalue weighted by atomic mass is 16.1. The molecule has 7 heteroatoms. The number of hydrogen-bond donors (Lipinski definition) is 1. The minimum absolute atomic E-state index is 0.103. The zero-order valence-corrected chi connectivity index (χ0v) is 15.4. The monoisotopic (exact) mass is 352 g/mol. The third kappa shape index (κ3) is 3.99. The third-order valence-corrected chi connectivity index (χ3v) is 4.16. The molecule has 0 aliphatic rings. The molecule has 0 bridgehead atoms. The quantitative estimate of drug-likeness (QED) is 0.707. The largest absolute Gasteiger partial charge is 0.359 e. The lowest BCUT2D eigenvalue weighted by atomic mass is 10.1. The van der Waals surface area contributed by atoms with E-state index in [-0.39, 0.29) is 18.4 Å². The van der Waals surface area contributed by atoms with Crippen molar-refractivity contribution in [2.24, 2.45) is 0 Å². The fourth-order valence-corrected chi connectivity index (χ4v) is 2.82. The van der Waals surface area contributed by atoms with Crippen LogP contribution in [0.2, 0.25) is 0 Å². The molecule has 0 aliphatic heterocycles. The second-order valence-electron chi connectivity index (χ2n) is 6.42. The number of benzene rings is 1. The maximum absolute atomic E-state index is 11.7. The van der Waals surface area contributed by atoms with Gasteiger partial charge in [-0.2, -0.15) is 10.2 Å². The van der Waals surface area contributed by atoms with Crippen LogP contribution >= 0.6 is 0 Å². The van der Waals surface area contributed by atoms with Crippen LogP contribution in [0.4, 0.5) is 0 Å². The summed E-state index contributed by atoms with van der Waals surface area (Å²) in [6, 6.07) is 12.4. The SMILES string of the molecule is CNC(=O)Cc1nc(-c2ccnn2C(C)C)n(CCc2ccccc2)n1. The predicted octanol–water partition coefficient (Wildman–Crippen LogP) is 2.25. The number of rotatable bonds is 7. The van der Waals surface area contributed by atoms with Gasteiger partial charge in [-0.1, -0.05) is 30.3 Å². The smallest absolute Gasteiger partial charge is 0.227 e. The van der Waals surface area contributed by atoms with Crippen molar-refractivity contribution < 1.29 is 4.79 Å². The first-order chi connectivity index (χ1) is 12.6. The Morgan fingerprint density at radius 1 is 1.19 bits per heavy atom. The van der Waals surface area contributed by atoms with E-state index in [9.17, 15) is 4.79 Å². The lowest BCUT2D eigenvalue weighted by molar-refractivity contribution is -0.120. The Balaban J connectivity index is 1.92. The third-order valence-electron chi connectivity index (χ3n) is 4.16. The first-order valence-electron chi connectivity index (χ1n) is 8.80.